The van der Waals surface area contributed by atoms with Crippen molar-refractivity contribution in [1.29, 1.82) is 0 Å². The van der Waals surface area contributed by atoms with E-state index in [2.05, 4.69) is 15.4 Å². The first kappa shape index (κ1) is 13.5. The molecule has 0 aliphatic carbocycles. The van der Waals surface area contributed by atoms with E-state index in [1.807, 2.05) is 0 Å². The molecule has 0 bridgehead atoms. The summed E-state index contributed by atoms with van der Waals surface area (Å²) in [5, 5.41) is 5.80. The lowest BCUT2D eigenvalue weighted by atomic mass is 10.2. The third-order valence-electron chi connectivity index (χ3n) is 2.77. The second kappa shape index (κ2) is 6.31. The number of morpholine rings is 1. The molecule has 0 aromatic heterocycles. The number of anilines is 1. The minimum atomic E-state index is -0.504. The van der Waals surface area contributed by atoms with Gasteiger partial charge in [0.05, 0.1) is 19.3 Å². The van der Waals surface area contributed by atoms with E-state index in [9.17, 15) is 9.59 Å². The highest BCUT2D eigenvalue weighted by Crippen LogP contribution is 2.12. The molecular formula is C13H16N2O4. The van der Waals surface area contributed by atoms with Gasteiger partial charge in [-0.2, -0.15) is 0 Å². The van der Waals surface area contributed by atoms with Crippen molar-refractivity contribution >= 4 is 17.6 Å². The van der Waals surface area contributed by atoms with Gasteiger partial charge < -0.3 is 20.1 Å². The zero-order chi connectivity index (χ0) is 13.7. The summed E-state index contributed by atoms with van der Waals surface area (Å²) in [5.41, 5.74) is 0.935. The molecule has 1 amide bonds. The highest BCUT2D eigenvalue weighted by Gasteiger charge is 2.21. The first-order valence-electron chi connectivity index (χ1n) is 6.02. The molecule has 19 heavy (non-hydrogen) atoms. The number of rotatable bonds is 3. The standard InChI is InChI=1S/C13H16N2O4/c1-18-13(17)9-3-2-4-10(7-9)15-12(16)11-8-14-5-6-19-11/h2-4,7,11,14H,5-6,8H2,1H3,(H,15,16). The van der Waals surface area contributed by atoms with Crippen LogP contribution in [0.1, 0.15) is 10.4 Å². The molecule has 6 heteroatoms. The lowest BCUT2D eigenvalue weighted by Gasteiger charge is -2.22. The van der Waals surface area contributed by atoms with Crippen LogP contribution in [0.15, 0.2) is 24.3 Å². The Hall–Kier alpha value is -1.92. The Kier molecular flexibility index (Phi) is 4.48. The van der Waals surface area contributed by atoms with Crippen molar-refractivity contribution in [3.05, 3.63) is 29.8 Å². The number of esters is 1. The molecule has 1 atom stereocenters. The van der Waals surface area contributed by atoms with Gasteiger partial charge in [0.25, 0.3) is 5.91 Å². The summed E-state index contributed by atoms with van der Waals surface area (Å²) in [6.45, 7) is 1.75. The number of ether oxygens (including phenoxy) is 2. The van der Waals surface area contributed by atoms with Gasteiger partial charge >= 0.3 is 5.97 Å². The van der Waals surface area contributed by atoms with Gasteiger partial charge in [0.2, 0.25) is 0 Å². The summed E-state index contributed by atoms with van der Waals surface area (Å²) >= 11 is 0. The summed E-state index contributed by atoms with van der Waals surface area (Å²) in [7, 11) is 1.31. The van der Waals surface area contributed by atoms with E-state index in [4.69, 9.17) is 4.74 Å². The van der Waals surface area contributed by atoms with Crippen LogP contribution in [-0.4, -0.2) is 44.8 Å². The number of carbonyl (C=O) groups excluding carboxylic acids is 2. The molecule has 6 nitrogen and oxygen atoms in total. The highest BCUT2D eigenvalue weighted by molar-refractivity contribution is 5.96. The number of amides is 1. The van der Waals surface area contributed by atoms with Crippen molar-refractivity contribution in [2.24, 2.45) is 0 Å². The quantitative estimate of drug-likeness (QED) is 0.773. The van der Waals surface area contributed by atoms with Gasteiger partial charge in [-0.3, -0.25) is 4.79 Å². The van der Waals surface area contributed by atoms with Gasteiger partial charge in [-0.05, 0) is 18.2 Å². The smallest absolute Gasteiger partial charge is 0.337 e. The van der Waals surface area contributed by atoms with Gasteiger partial charge in [0.15, 0.2) is 0 Å². The summed E-state index contributed by atoms with van der Waals surface area (Å²) in [5.74, 6) is -0.666. The number of hydrogen-bond acceptors (Lipinski definition) is 5. The predicted octanol–water partition coefficient (Wildman–Crippen LogP) is 0.400. The Bertz CT molecular complexity index is 469. The Labute approximate surface area is 111 Å². The molecule has 1 unspecified atom stereocenters. The highest BCUT2D eigenvalue weighted by atomic mass is 16.5. The van der Waals surface area contributed by atoms with Gasteiger partial charge in [0, 0.05) is 18.8 Å². The average Bonchev–Trinajstić information content (AvgIpc) is 2.47. The van der Waals surface area contributed by atoms with Crippen molar-refractivity contribution in [3.8, 4) is 0 Å². The van der Waals surface area contributed by atoms with E-state index >= 15 is 0 Å². The number of methoxy groups -OCH3 is 1. The Morgan fingerprint density at radius 1 is 1.47 bits per heavy atom. The number of benzene rings is 1. The average molecular weight is 264 g/mol. The largest absolute Gasteiger partial charge is 0.465 e. The maximum Gasteiger partial charge on any atom is 0.337 e. The zero-order valence-electron chi connectivity index (χ0n) is 10.6. The molecule has 1 saturated heterocycles. The minimum absolute atomic E-state index is 0.228. The molecule has 102 valence electrons. The molecule has 1 heterocycles. The van der Waals surface area contributed by atoms with E-state index in [1.165, 1.54) is 7.11 Å². The van der Waals surface area contributed by atoms with Crippen LogP contribution in [0.25, 0.3) is 0 Å². The molecule has 0 spiro atoms. The fraction of sp³-hybridized carbons (Fsp3) is 0.385. The van der Waals surface area contributed by atoms with E-state index in [-0.39, 0.29) is 5.91 Å². The van der Waals surface area contributed by atoms with Crippen LogP contribution in [0.5, 0.6) is 0 Å². The van der Waals surface area contributed by atoms with E-state index in [0.717, 1.165) is 6.54 Å². The molecule has 1 aromatic carbocycles. The first-order valence-corrected chi connectivity index (χ1v) is 6.02. The van der Waals surface area contributed by atoms with E-state index in [0.29, 0.717) is 24.4 Å². The molecule has 1 aliphatic heterocycles. The molecule has 2 rings (SSSR count). The lowest BCUT2D eigenvalue weighted by Crippen LogP contribution is -2.45. The lowest BCUT2D eigenvalue weighted by molar-refractivity contribution is -0.128. The van der Waals surface area contributed by atoms with E-state index < -0.39 is 12.1 Å². The van der Waals surface area contributed by atoms with Crippen LogP contribution in [0.2, 0.25) is 0 Å². The summed E-state index contributed by atoms with van der Waals surface area (Å²) in [4.78, 5) is 23.3. The molecule has 1 aromatic rings. The van der Waals surface area contributed by atoms with Crippen molar-refractivity contribution in [2.45, 2.75) is 6.10 Å². The summed E-state index contributed by atoms with van der Waals surface area (Å²) in [6.07, 6.45) is -0.504. The molecule has 0 radical (unpaired) electrons. The monoisotopic (exact) mass is 264 g/mol. The topological polar surface area (TPSA) is 76.7 Å². The predicted molar refractivity (Wildman–Crippen MR) is 69.0 cm³/mol. The van der Waals surface area contributed by atoms with Crippen molar-refractivity contribution in [3.63, 3.8) is 0 Å². The third kappa shape index (κ3) is 3.52. The Balaban J connectivity index is 2.02. The summed E-state index contributed by atoms with van der Waals surface area (Å²) < 4.78 is 9.97. The number of nitrogens with one attached hydrogen (secondary N) is 2. The van der Waals surface area contributed by atoms with Crippen LogP contribution in [0, 0.1) is 0 Å². The maximum atomic E-state index is 11.9. The summed E-state index contributed by atoms with van der Waals surface area (Å²) in [6, 6.07) is 6.59. The first-order chi connectivity index (χ1) is 9.20. The second-order valence-corrected chi connectivity index (χ2v) is 4.13. The van der Waals surface area contributed by atoms with E-state index in [1.54, 1.807) is 24.3 Å². The van der Waals surface area contributed by atoms with Crippen LogP contribution < -0.4 is 10.6 Å². The van der Waals surface area contributed by atoms with Crippen molar-refractivity contribution in [2.75, 3.05) is 32.1 Å². The minimum Gasteiger partial charge on any atom is -0.465 e. The van der Waals surface area contributed by atoms with Crippen LogP contribution in [-0.2, 0) is 14.3 Å². The molecule has 1 aliphatic rings. The van der Waals surface area contributed by atoms with Crippen molar-refractivity contribution < 1.29 is 19.1 Å². The van der Waals surface area contributed by atoms with Gasteiger partial charge in [-0.1, -0.05) is 6.07 Å². The second-order valence-electron chi connectivity index (χ2n) is 4.13. The molecule has 0 saturated carbocycles. The fourth-order valence-electron chi connectivity index (χ4n) is 1.80. The van der Waals surface area contributed by atoms with Crippen LogP contribution >= 0.6 is 0 Å². The van der Waals surface area contributed by atoms with Gasteiger partial charge in [0.1, 0.15) is 6.10 Å². The van der Waals surface area contributed by atoms with Crippen molar-refractivity contribution in [1.82, 2.24) is 5.32 Å². The Morgan fingerprint density at radius 3 is 3.00 bits per heavy atom. The molecule has 1 fully saturated rings. The number of hydrogen-bond donors (Lipinski definition) is 2. The third-order valence-corrected chi connectivity index (χ3v) is 2.77. The maximum absolute atomic E-state index is 11.9. The fourth-order valence-corrected chi connectivity index (χ4v) is 1.80. The van der Waals surface area contributed by atoms with Gasteiger partial charge in [-0.15, -0.1) is 0 Å². The van der Waals surface area contributed by atoms with Crippen LogP contribution in [0.4, 0.5) is 5.69 Å². The Morgan fingerprint density at radius 2 is 2.32 bits per heavy atom. The molecular weight excluding hydrogens is 248 g/mol. The number of carbonyl (C=O) groups is 2. The molecule has 2 N–H and O–H groups in total. The van der Waals surface area contributed by atoms with Gasteiger partial charge in [-0.25, -0.2) is 4.79 Å². The normalized spacial score (nSPS) is 18.7. The zero-order valence-corrected chi connectivity index (χ0v) is 10.6. The van der Waals surface area contributed by atoms with Crippen LogP contribution in [0.3, 0.4) is 0 Å². The SMILES string of the molecule is COC(=O)c1cccc(NC(=O)C2CNCCO2)c1.